The van der Waals surface area contributed by atoms with E-state index in [0.29, 0.717) is 17.1 Å². The number of amides is 2. The highest BCUT2D eigenvalue weighted by Crippen LogP contribution is 2.27. The number of aryl methyl sites for hydroxylation is 2. The summed E-state index contributed by atoms with van der Waals surface area (Å²) in [4.78, 5) is 32.0. The van der Waals surface area contributed by atoms with Crippen LogP contribution in [0.5, 0.6) is 0 Å². The van der Waals surface area contributed by atoms with Crippen molar-refractivity contribution in [2.24, 2.45) is 5.92 Å². The molecular weight excluding hydrogens is 454 g/mol. The van der Waals surface area contributed by atoms with Crippen molar-refractivity contribution in [2.75, 3.05) is 28.3 Å². The van der Waals surface area contributed by atoms with Crippen molar-refractivity contribution in [3.8, 4) is 11.3 Å². The average molecular weight is 482 g/mol. The van der Waals surface area contributed by atoms with Gasteiger partial charge in [0.15, 0.2) is 6.39 Å². The Morgan fingerprint density at radius 2 is 1.79 bits per heavy atom. The Bertz CT molecular complexity index is 1270. The molecule has 0 bridgehead atoms. The van der Waals surface area contributed by atoms with Crippen molar-refractivity contribution in [1.29, 1.82) is 0 Å². The van der Waals surface area contributed by atoms with Crippen LogP contribution < -0.4 is 10.2 Å². The molecule has 4 rings (SSSR count). The Kier molecular flexibility index (Phi) is 6.83. The second-order valence-electron chi connectivity index (χ2n) is 8.64. The molecule has 0 radical (unpaired) electrons. The lowest BCUT2D eigenvalue weighted by Gasteiger charge is -2.30. The van der Waals surface area contributed by atoms with Gasteiger partial charge in [0.2, 0.25) is 11.8 Å². The summed E-state index contributed by atoms with van der Waals surface area (Å²) in [5.74, 6) is -1.01. The molecule has 0 saturated carbocycles. The Labute approximate surface area is 198 Å². The zero-order valence-corrected chi connectivity index (χ0v) is 20.0. The van der Waals surface area contributed by atoms with Crippen LogP contribution in [0.15, 0.2) is 59.5 Å². The van der Waals surface area contributed by atoms with Crippen LogP contribution in [0.3, 0.4) is 0 Å². The van der Waals surface area contributed by atoms with Gasteiger partial charge in [0, 0.05) is 22.9 Å². The van der Waals surface area contributed by atoms with Crippen LogP contribution in [0.1, 0.15) is 24.0 Å². The van der Waals surface area contributed by atoms with Crippen molar-refractivity contribution < 1.29 is 22.4 Å². The Morgan fingerprint density at radius 1 is 1.09 bits per heavy atom. The molecule has 2 amide bonds. The largest absolute Gasteiger partial charge is 0.451 e. The summed E-state index contributed by atoms with van der Waals surface area (Å²) >= 11 is 0. The predicted molar refractivity (Wildman–Crippen MR) is 130 cm³/mol. The Balaban J connectivity index is 1.51. The van der Waals surface area contributed by atoms with Gasteiger partial charge in [0.25, 0.3) is 0 Å². The number of hydrogen-bond acceptors (Lipinski definition) is 6. The van der Waals surface area contributed by atoms with E-state index in [1.54, 1.807) is 12.1 Å². The molecule has 1 aliphatic heterocycles. The maximum Gasteiger partial charge on any atom is 0.244 e. The molecule has 3 aromatic rings. The van der Waals surface area contributed by atoms with E-state index in [9.17, 15) is 18.0 Å². The van der Waals surface area contributed by atoms with Crippen LogP contribution in [0.4, 0.5) is 11.4 Å². The third-order valence-electron chi connectivity index (χ3n) is 6.01. The minimum Gasteiger partial charge on any atom is -0.451 e. The van der Waals surface area contributed by atoms with Gasteiger partial charge in [-0.1, -0.05) is 29.8 Å². The fraction of sp³-hybridized carbons (Fsp3) is 0.320. The first-order valence-electron chi connectivity index (χ1n) is 11.1. The number of sulfone groups is 1. The summed E-state index contributed by atoms with van der Waals surface area (Å²) in [6, 6.07) is 12.9. The summed E-state index contributed by atoms with van der Waals surface area (Å²) in [6.07, 6.45) is 3.43. The lowest BCUT2D eigenvalue weighted by molar-refractivity contribution is -0.124. The average Bonchev–Trinajstić information content (AvgIpc) is 3.33. The molecule has 1 aromatic heterocycles. The maximum absolute atomic E-state index is 13.4. The van der Waals surface area contributed by atoms with Gasteiger partial charge in [-0.05, 0) is 50.5 Å². The first-order valence-corrected chi connectivity index (χ1v) is 12.9. The van der Waals surface area contributed by atoms with Gasteiger partial charge < -0.3 is 14.6 Å². The zero-order chi connectivity index (χ0) is 24.3. The molecule has 0 unspecified atom stereocenters. The lowest BCUT2D eigenvalue weighted by atomic mass is 9.99. The van der Waals surface area contributed by atoms with E-state index in [0.717, 1.165) is 16.7 Å². The van der Waals surface area contributed by atoms with Crippen molar-refractivity contribution >= 4 is 33.0 Å². The minimum atomic E-state index is -3.10. The third kappa shape index (κ3) is 5.53. The highest BCUT2D eigenvalue weighted by molar-refractivity contribution is 7.91. The molecule has 0 spiro atoms. The highest BCUT2D eigenvalue weighted by atomic mass is 32.2. The summed E-state index contributed by atoms with van der Waals surface area (Å²) in [5, 5.41) is 2.84. The zero-order valence-electron chi connectivity index (χ0n) is 19.2. The van der Waals surface area contributed by atoms with E-state index in [4.69, 9.17) is 4.42 Å². The monoisotopic (exact) mass is 481 g/mol. The topological polar surface area (TPSA) is 110 Å². The second kappa shape index (κ2) is 9.80. The van der Waals surface area contributed by atoms with Gasteiger partial charge in [-0.2, -0.15) is 0 Å². The molecule has 8 nitrogen and oxygen atoms in total. The molecular formula is C25H27N3O5S. The van der Waals surface area contributed by atoms with E-state index >= 15 is 0 Å². The van der Waals surface area contributed by atoms with Crippen LogP contribution in [0.25, 0.3) is 11.3 Å². The van der Waals surface area contributed by atoms with E-state index in [1.165, 1.54) is 17.6 Å². The van der Waals surface area contributed by atoms with Crippen molar-refractivity contribution in [3.05, 3.63) is 66.2 Å². The molecule has 178 valence electrons. The summed E-state index contributed by atoms with van der Waals surface area (Å²) in [6.45, 7) is 3.69. The molecule has 0 aliphatic carbocycles. The quantitative estimate of drug-likeness (QED) is 0.574. The summed E-state index contributed by atoms with van der Waals surface area (Å²) in [5.41, 5.74) is 4.72. The van der Waals surface area contributed by atoms with Crippen LogP contribution in [-0.2, 0) is 19.4 Å². The number of carbonyl (C=O) groups excluding carboxylic acids is 2. The SMILES string of the molecule is Cc1ccc(N(CC(=O)Nc2ccc(-c3cocn3)cc2)C(=O)C2CCS(=O)(=O)CC2)c(C)c1. The molecule has 1 aliphatic rings. The number of nitrogens with one attached hydrogen (secondary N) is 1. The molecule has 0 atom stereocenters. The van der Waals surface area contributed by atoms with E-state index in [-0.39, 0.29) is 42.7 Å². The Hall–Kier alpha value is -3.46. The highest BCUT2D eigenvalue weighted by Gasteiger charge is 2.33. The molecule has 1 saturated heterocycles. The number of oxazole rings is 1. The molecule has 1 fully saturated rings. The van der Waals surface area contributed by atoms with Gasteiger partial charge in [-0.15, -0.1) is 0 Å². The molecule has 2 aromatic carbocycles. The molecule has 34 heavy (non-hydrogen) atoms. The van der Waals surface area contributed by atoms with Gasteiger partial charge in [0.1, 0.15) is 28.3 Å². The fourth-order valence-corrected chi connectivity index (χ4v) is 5.66. The van der Waals surface area contributed by atoms with E-state index in [1.807, 2.05) is 44.2 Å². The van der Waals surface area contributed by atoms with Crippen LogP contribution in [-0.4, -0.2) is 43.3 Å². The van der Waals surface area contributed by atoms with E-state index < -0.39 is 15.8 Å². The van der Waals surface area contributed by atoms with E-state index in [2.05, 4.69) is 10.3 Å². The number of aromatic nitrogens is 1. The number of rotatable bonds is 6. The molecule has 1 N–H and O–H groups in total. The number of carbonyl (C=O) groups is 2. The first-order chi connectivity index (χ1) is 16.2. The van der Waals surface area contributed by atoms with Crippen LogP contribution in [0.2, 0.25) is 0 Å². The van der Waals surface area contributed by atoms with Gasteiger partial charge in [-0.25, -0.2) is 13.4 Å². The molecule has 9 heteroatoms. The predicted octanol–water partition coefficient (Wildman–Crippen LogP) is 3.75. The maximum atomic E-state index is 13.4. The number of benzene rings is 2. The van der Waals surface area contributed by atoms with Crippen molar-refractivity contribution in [3.63, 3.8) is 0 Å². The van der Waals surface area contributed by atoms with Crippen molar-refractivity contribution in [2.45, 2.75) is 26.7 Å². The van der Waals surface area contributed by atoms with Gasteiger partial charge in [-0.3, -0.25) is 9.59 Å². The standard InChI is InChI=1S/C25H27N3O5S/c1-17-3-8-23(18(2)13-17)28(25(30)20-9-11-34(31,32)12-10-20)14-24(29)27-21-6-4-19(5-7-21)22-15-33-16-26-22/h3-8,13,15-16,20H,9-12,14H2,1-2H3,(H,27,29). The number of anilines is 2. The van der Waals surface area contributed by atoms with Crippen LogP contribution in [0, 0.1) is 19.8 Å². The minimum absolute atomic E-state index is 0.00576. The summed E-state index contributed by atoms with van der Waals surface area (Å²) in [7, 11) is -3.10. The first kappa shape index (κ1) is 23.7. The van der Waals surface area contributed by atoms with Gasteiger partial charge >= 0.3 is 0 Å². The normalized spacial score (nSPS) is 15.6. The summed E-state index contributed by atoms with van der Waals surface area (Å²) < 4.78 is 28.7. The fourth-order valence-electron chi connectivity index (χ4n) is 4.17. The van der Waals surface area contributed by atoms with Gasteiger partial charge in [0.05, 0.1) is 11.5 Å². The molecule has 2 heterocycles. The lowest BCUT2D eigenvalue weighted by Crippen LogP contribution is -2.44. The van der Waals surface area contributed by atoms with Crippen LogP contribution >= 0.6 is 0 Å². The third-order valence-corrected chi connectivity index (χ3v) is 7.73. The second-order valence-corrected chi connectivity index (χ2v) is 10.9. The van der Waals surface area contributed by atoms with Crippen molar-refractivity contribution in [1.82, 2.24) is 4.98 Å². The number of nitrogens with zero attached hydrogens (tertiary/aromatic N) is 2. The number of hydrogen-bond donors (Lipinski definition) is 1. The Morgan fingerprint density at radius 3 is 2.41 bits per heavy atom. The smallest absolute Gasteiger partial charge is 0.244 e.